The van der Waals surface area contributed by atoms with Crippen LogP contribution in [0.25, 0.3) is 0 Å². The van der Waals surface area contributed by atoms with Crippen molar-refractivity contribution in [2.24, 2.45) is 0 Å². The molecule has 1 heterocycles. The lowest BCUT2D eigenvalue weighted by atomic mass is 10.2. The molecule has 0 aliphatic heterocycles. The molecule has 0 saturated carbocycles. The molecular formula is C15H19N3. The zero-order chi connectivity index (χ0) is 12.8. The standard InChI is InChI=1S/C15H19N3/c1-3-16-15-13(8-7-11-17-15)12-18(2)14-9-5-4-6-10-14/h4-11H,3,12H2,1-2H3,(H,16,17). The van der Waals surface area contributed by atoms with Crippen molar-refractivity contribution in [2.45, 2.75) is 13.5 Å². The molecule has 0 amide bonds. The van der Waals surface area contributed by atoms with Crippen LogP contribution in [0.2, 0.25) is 0 Å². The summed E-state index contributed by atoms with van der Waals surface area (Å²) in [5, 5.41) is 3.30. The molecule has 1 aromatic carbocycles. The van der Waals surface area contributed by atoms with Crippen LogP contribution in [0.1, 0.15) is 12.5 Å². The van der Waals surface area contributed by atoms with E-state index in [2.05, 4.69) is 59.5 Å². The summed E-state index contributed by atoms with van der Waals surface area (Å²) < 4.78 is 0. The number of hydrogen-bond acceptors (Lipinski definition) is 3. The van der Waals surface area contributed by atoms with Gasteiger partial charge in [-0.05, 0) is 25.1 Å². The van der Waals surface area contributed by atoms with Gasteiger partial charge < -0.3 is 10.2 Å². The molecule has 0 saturated heterocycles. The molecule has 0 fully saturated rings. The first-order valence-corrected chi connectivity index (χ1v) is 6.25. The lowest BCUT2D eigenvalue weighted by molar-refractivity contribution is 0.914. The second-order valence-corrected chi connectivity index (χ2v) is 4.23. The van der Waals surface area contributed by atoms with E-state index in [1.165, 1.54) is 11.3 Å². The van der Waals surface area contributed by atoms with Crippen LogP contribution >= 0.6 is 0 Å². The van der Waals surface area contributed by atoms with E-state index in [0.29, 0.717) is 0 Å². The molecule has 94 valence electrons. The maximum absolute atomic E-state index is 4.38. The predicted octanol–water partition coefficient (Wildman–Crippen LogP) is 3.15. The fourth-order valence-corrected chi connectivity index (χ4v) is 1.92. The Kier molecular flexibility index (Phi) is 4.18. The number of aromatic nitrogens is 1. The van der Waals surface area contributed by atoms with E-state index in [0.717, 1.165) is 18.9 Å². The average molecular weight is 241 g/mol. The summed E-state index contributed by atoms with van der Waals surface area (Å²) >= 11 is 0. The maximum atomic E-state index is 4.38. The number of rotatable bonds is 5. The Morgan fingerprint density at radius 3 is 2.61 bits per heavy atom. The van der Waals surface area contributed by atoms with Crippen LogP contribution in [0.3, 0.4) is 0 Å². The molecule has 0 radical (unpaired) electrons. The van der Waals surface area contributed by atoms with Gasteiger partial charge in [0.05, 0.1) is 0 Å². The highest BCUT2D eigenvalue weighted by molar-refractivity contribution is 5.50. The number of nitrogens with zero attached hydrogens (tertiary/aromatic N) is 2. The lowest BCUT2D eigenvalue weighted by Crippen LogP contribution is -2.17. The van der Waals surface area contributed by atoms with Crippen molar-refractivity contribution >= 4 is 11.5 Å². The third kappa shape index (κ3) is 3.00. The molecule has 0 bridgehead atoms. The summed E-state index contributed by atoms with van der Waals surface area (Å²) in [5.74, 6) is 0.975. The van der Waals surface area contributed by atoms with Gasteiger partial charge in [0.1, 0.15) is 5.82 Å². The van der Waals surface area contributed by atoms with E-state index in [9.17, 15) is 0 Å². The van der Waals surface area contributed by atoms with Crippen LogP contribution in [0.5, 0.6) is 0 Å². The van der Waals surface area contributed by atoms with Gasteiger partial charge in [0.15, 0.2) is 0 Å². The molecule has 0 aliphatic rings. The molecule has 1 aromatic heterocycles. The normalized spacial score (nSPS) is 10.1. The first-order chi connectivity index (χ1) is 8.81. The SMILES string of the molecule is CCNc1ncccc1CN(C)c1ccccc1. The Hall–Kier alpha value is -2.03. The molecule has 0 aliphatic carbocycles. The first kappa shape index (κ1) is 12.4. The highest BCUT2D eigenvalue weighted by atomic mass is 15.1. The van der Waals surface area contributed by atoms with Gasteiger partial charge in [-0.2, -0.15) is 0 Å². The van der Waals surface area contributed by atoms with Gasteiger partial charge in [-0.25, -0.2) is 4.98 Å². The highest BCUT2D eigenvalue weighted by Gasteiger charge is 2.06. The summed E-state index contributed by atoms with van der Waals surface area (Å²) in [5.41, 5.74) is 2.43. The fraction of sp³-hybridized carbons (Fsp3) is 0.267. The Bertz CT molecular complexity index is 482. The van der Waals surface area contributed by atoms with E-state index in [-0.39, 0.29) is 0 Å². The number of benzene rings is 1. The molecule has 3 heteroatoms. The number of pyridine rings is 1. The molecule has 1 N–H and O–H groups in total. The molecule has 3 nitrogen and oxygen atoms in total. The van der Waals surface area contributed by atoms with Crippen molar-refractivity contribution in [2.75, 3.05) is 23.8 Å². The number of para-hydroxylation sites is 1. The van der Waals surface area contributed by atoms with Crippen molar-refractivity contribution in [1.82, 2.24) is 4.98 Å². The summed E-state index contributed by atoms with van der Waals surface area (Å²) in [6.07, 6.45) is 1.82. The van der Waals surface area contributed by atoms with Crippen molar-refractivity contribution < 1.29 is 0 Å². The first-order valence-electron chi connectivity index (χ1n) is 6.25. The van der Waals surface area contributed by atoms with Gasteiger partial charge >= 0.3 is 0 Å². The van der Waals surface area contributed by atoms with E-state index < -0.39 is 0 Å². The molecular weight excluding hydrogens is 222 g/mol. The molecule has 0 spiro atoms. The van der Waals surface area contributed by atoms with Crippen LogP contribution in [0, 0.1) is 0 Å². The largest absolute Gasteiger partial charge is 0.370 e. The van der Waals surface area contributed by atoms with Crippen LogP contribution in [-0.4, -0.2) is 18.6 Å². The highest BCUT2D eigenvalue weighted by Crippen LogP contribution is 2.18. The Morgan fingerprint density at radius 2 is 1.89 bits per heavy atom. The van der Waals surface area contributed by atoms with Gasteiger partial charge in [0, 0.05) is 37.6 Å². The second kappa shape index (κ2) is 6.05. The Labute approximate surface area is 108 Å². The van der Waals surface area contributed by atoms with Gasteiger partial charge in [-0.3, -0.25) is 0 Å². The van der Waals surface area contributed by atoms with Gasteiger partial charge in [0.25, 0.3) is 0 Å². The number of nitrogens with one attached hydrogen (secondary N) is 1. The van der Waals surface area contributed by atoms with E-state index >= 15 is 0 Å². The van der Waals surface area contributed by atoms with Gasteiger partial charge in [-0.15, -0.1) is 0 Å². The quantitative estimate of drug-likeness (QED) is 0.871. The molecule has 2 aromatic rings. The molecule has 2 rings (SSSR count). The molecule has 0 atom stereocenters. The number of anilines is 2. The second-order valence-electron chi connectivity index (χ2n) is 4.23. The third-order valence-corrected chi connectivity index (χ3v) is 2.84. The monoisotopic (exact) mass is 241 g/mol. The van der Waals surface area contributed by atoms with Crippen LogP contribution in [0.15, 0.2) is 48.7 Å². The van der Waals surface area contributed by atoms with E-state index in [1.807, 2.05) is 18.3 Å². The van der Waals surface area contributed by atoms with E-state index in [1.54, 1.807) is 0 Å². The fourth-order valence-electron chi connectivity index (χ4n) is 1.92. The van der Waals surface area contributed by atoms with Crippen molar-refractivity contribution in [1.29, 1.82) is 0 Å². The lowest BCUT2D eigenvalue weighted by Gasteiger charge is -2.20. The minimum Gasteiger partial charge on any atom is -0.370 e. The predicted molar refractivity (Wildman–Crippen MR) is 76.9 cm³/mol. The van der Waals surface area contributed by atoms with E-state index in [4.69, 9.17) is 0 Å². The van der Waals surface area contributed by atoms with Crippen molar-refractivity contribution in [3.8, 4) is 0 Å². The Balaban J connectivity index is 2.14. The van der Waals surface area contributed by atoms with Gasteiger partial charge in [-0.1, -0.05) is 24.3 Å². The average Bonchev–Trinajstić information content (AvgIpc) is 2.42. The minimum absolute atomic E-state index is 0.847. The van der Waals surface area contributed by atoms with Crippen molar-refractivity contribution in [3.05, 3.63) is 54.2 Å². The molecule has 0 unspecified atom stereocenters. The summed E-state index contributed by atoms with van der Waals surface area (Å²) in [6, 6.07) is 14.5. The summed E-state index contributed by atoms with van der Waals surface area (Å²) in [6.45, 7) is 3.82. The zero-order valence-electron chi connectivity index (χ0n) is 10.9. The van der Waals surface area contributed by atoms with Gasteiger partial charge in [0.2, 0.25) is 0 Å². The molecule has 18 heavy (non-hydrogen) atoms. The van der Waals surface area contributed by atoms with Crippen molar-refractivity contribution in [3.63, 3.8) is 0 Å². The zero-order valence-corrected chi connectivity index (χ0v) is 10.9. The Morgan fingerprint density at radius 1 is 1.11 bits per heavy atom. The van der Waals surface area contributed by atoms with Crippen LogP contribution < -0.4 is 10.2 Å². The topological polar surface area (TPSA) is 28.2 Å². The number of hydrogen-bond donors (Lipinski definition) is 1. The minimum atomic E-state index is 0.847. The summed E-state index contributed by atoms with van der Waals surface area (Å²) in [4.78, 5) is 6.60. The van der Waals surface area contributed by atoms with Crippen LogP contribution in [0.4, 0.5) is 11.5 Å². The summed E-state index contributed by atoms with van der Waals surface area (Å²) in [7, 11) is 2.10. The maximum Gasteiger partial charge on any atom is 0.130 e. The van der Waals surface area contributed by atoms with Crippen LogP contribution in [-0.2, 0) is 6.54 Å². The smallest absolute Gasteiger partial charge is 0.130 e. The third-order valence-electron chi connectivity index (χ3n) is 2.84.